The van der Waals surface area contributed by atoms with Crippen molar-refractivity contribution in [1.29, 1.82) is 0 Å². The monoisotopic (exact) mass is 230 g/mol. The predicted octanol–water partition coefficient (Wildman–Crippen LogP) is 4.33. The van der Waals surface area contributed by atoms with Crippen molar-refractivity contribution in [3.8, 4) is 0 Å². The van der Waals surface area contributed by atoms with Crippen LogP contribution in [0.25, 0.3) is 0 Å². The third kappa shape index (κ3) is 4.35. The van der Waals surface area contributed by atoms with Crippen LogP contribution in [0.4, 0.5) is 0 Å². The van der Waals surface area contributed by atoms with E-state index in [0.29, 0.717) is 0 Å². The van der Waals surface area contributed by atoms with E-state index in [1.165, 1.54) is 0 Å². The summed E-state index contributed by atoms with van der Waals surface area (Å²) in [7, 11) is 0. The first-order valence-electron chi connectivity index (χ1n) is 5.68. The molecule has 0 N–H and O–H groups in total. The van der Waals surface area contributed by atoms with Gasteiger partial charge in [0.1, 0.15) is 0 Å². The average Bonchev–Trinajstić information content (AvgIpc) is 2.28. The summed E-state index contributed by atoms with van der Waals surface area (Å²) in [6.45, 7) is 15.4. The Hall–Kier alpha value is -1.70. The molecule has 17 heavy (non-hydrogen) atoms. The molecule has 0 aliphatic heterocycles. The first-order chi connectivity index (χ1) is 8.04. The van der Waals surface area contributed by atoms with Crippen LogP contribution >= 0.6 is 0 Å². The molecule has 0 aliphatic carbocycles. The van der Waals surface area contributed by atoms with Gasteiger partial charge < -0.3 is 0 Å². The average molecular weight is 230 g/mol. The number of rotatable bonds is 6. The SMILES string of the molecule is C=CN=C(/C=C\C)C(C)(C)C(/C=C\C)=NC=C. The molecule has 0 aromatic rings. The quantitative estimate of drug-likeness (QED) is 0.607. The summed E-state index contributed by atoms with van der Waals surface area (Å²) in [6, 6.07) is 0. The van der Waals surface area contributed by atoms with Gasteiger partial charge in [-0.2, -0.15) is 0 Å². The minimum atomic E-state index is -0.276. The highest BCUT2D eigenvalue weighted by Gasteiger charge is 2.27. The van der Waals surface area contributed by atoms with Crippen LogP contribution < -0.4 is 0 Å². The maximum absolute atomic E-state index is 4.32. The fourth-order valence-corrected chi connectivity index (χ4v) is 1.47. The van der Waals surface area contributed by atoms with Crippen molar-refractivity contribution >= 4 is 11.4 Å². The maximum Gasteiger partial charge on any atom is 0.0515 e. The number of hydrogen-bond donors (Lipinski definition) is 0. The third-order valence-corrected chi connectivity index (χ3v) is 2.39. The molecule has 0 amide bonds. The van der Waals surface area contributed by atoms with E-state index in [0.717, 1.165) is 11.4 Å². The Morgan fingerprint density at radius 1 is 0.882 bits per heavy atom. The fourth-order valence-electron chi connectivity index (χ4n) is 1.47. The van der Waals surface area contributed by atoms with Crippen molar-refractivity contribution in [1.82, 2.24) is 0 Å². The smallest absolute Gasteiger partial charge is 0.0515 e. The first kappa shape index (κ1) is 15.3. The Morgan fingerprint density at radius 3 is 1.47 bits per heavy atom. The Labute approximate surface area is 105 Å². The van der Waals surface area contributed by atoms with Crippen molar-refractivity contribution in [3.63, 3.8) is 0 Å². The van der Waals surface area contributed by atoms with Crippen molar-refractivity contribution in [3.05, 3.63) is 49.9 Å². The zero-order chi connectivity index (χ0) is 13.3. The largest absolute Gasteiger partial charge is 0.261 e. The van der Waals surface area contributed by atoms with Crippen molar-refractivity contribution in [2.24, 2.45) is 15.4 Å². The lowest BCUT2D eigenvalue weighted by atomic mass is 9.81. The second-order valence-corrected chi connectivity index (χ2v) is 4.02. The zero-order valence-electron chi connectivity index (χ0n) is 11.3. The van der Waals surface area contributed by atoms with E-state index >= 15 is 0 Å². The van der Waals surface area contributed by atoms with Crippen LogP contribution in [0.5, 0.6) is 0 Å². The first-order valence-corrected chi connectivity index (χ1v) is 5.68. The van der Waals surface area contributed by atoms with E-state index in [1.54, 1.807) is 12.4 Å². The van der Waals surface area contributed by atoms with Gasteiger partial charge in [0.2, 0.25) is 0 Å². The molecule has 2 heteroatoms. The third-order valence-electron chi connectivity index (χ3n) is 2.39. The van der Waals surface area contributed by atoms with E-state index < -0.39 is 0 Å². The highest BCUT2D eigenvalue weighted by molar-refractivity contribution is 6.19. The molecule has 92 valence electrons. The molecule has 0 heterocycles. The summed E-state index contributed by atoms with van der Waals surface area (Å²) >= 11 is 0. The molecular weight excluding hydrogens is 208 g/mol. The molecule has 0 saturated carbocycles. The molecule has 0 aliphatic rings. The second-order valence-electron chi connectivity index (χ2n) is 4.02. The standard InChI is InChI=1S/C15H22N2/c1-7-11-13(16-9-3)15(5,6)14(12-8-2)17-10-4/h7-12H,3-4H2,1-2,5-6H3/b11-7-,12-8-,16-13?,17-14?. The molecule has 0 saturated heterocycles. The number of aliphatic imine (C=N–C) groups is 2. The van der Waals surface area contributed by atoms with Gasteiger partial charge >= 0.3 is 0 Å². The van der Waals surface area contributed by atoms with Gasteiger partial charge in [0, 0.05) is 17.8 Å². The van der Waals surface area contributed by atoms with E-state index in [2.05, 4.69) is 37.0 Å². The van der Waals surface area contributed by atoms with Gasteiger partial charge in [-0.3, -0.25) is 9.98 Å². The summed E-state index contributed by atoms with van der Waals surface area (Å²) in [5.74, 6) is 0. The number of hydrogen-bond acceptors (Lipinski definition) is 2. The highest BCUT2D eigenvalue weighted by atomic mass is 14.8. The van der Waals surface area contributed by atoms with Crippen LogP contribution in [-0.2, 0) is 0 Å². The van der Waals surface area contributed by atoms with Gasteiger partial charge in [-0.1, -0.05) is 25.3 Å². The van der Waals surface area contributed by atoms with Gasteiger partial charge in [0.05, 0.1) is 11.4 Å². The molecule has 0 unspecified atom stereocenters. The number of nitrogens with zero attached hydrogens (tertiary/aromatic N) is 2. The minimum absolute atomic E-state index is 0.276. The summed E-state index contributed by atoms with van der Waals surface area (Å²) in [5, 5.41) is 0. The predicted molar refractivity (Wildman–Crippen MR) is 78.7 cm³/mol. The fraction of sp³-hybridized carbons (Fsp3) is 0.333. The van der Waals surface area contributed by atoms with E-state index in [4.69, 9.17) is 0 Å². The van der Waals surface area contributed by atoms with E-state index in [9.17, 15) is 0 Å². The van der Waals surface area contributed by atoms with Crippen molar-refractivity contribution < 1.29 is 0 Å². The lowest BCUT2D eigenvalue weighted by molar-refractivity contribution is 0.733. The van der Waals surface area contributed by atoms with Gasteiger partial charge in [-0.15, -0.1) is 0 Å². The molecule has 0 aromatic heterocycles. The zero-order valence-corrected chi connectivity index (χ0v) is 11.3. The van der Waals surface area contributed by atoms with E-state index in [1.807, 2.05) is 38.2 Å². The van der Waals surface area contributed by atoms with Crippen LogP contribution in [-0.4, -0.2) is 11.4 Å². The molecule has 0 rings (SSSR count). The van der Waals surface area contributed by atoms with Gasteiger partial charge in [0.25, 0.3) is 0 Å². The van der Waals surface area contributed by atoms with Crippen LogP contribution in [0.2, 0.25) is 0 Å². The topological polar surface area (TPSA) is 24.7 Å². The lowest BCUT2D eigenvalue weighted by Gasteiger charge is -2.25. The Morgan fingerprint density at radius 2 is 1.24 bits per heavy atom. The summed E-state index contributed by atoms with van der Waals surface area (Å²) in [6.07, 6.45) is 11.0. The molecule has 0 bridgehead atoms. The van der Waals surface area contributed by atoms with E-state index in [-0.39, 0.29) is 5.41 Å². The van der Waals surface area contributed by atoms with Crippen LogP contribution in [0.1, 0.15) is 27.7 Å². The molecule has 0 aromatic carbocycles. The number of allylic oxidation sites excluding steroid dienone is 4. The van der Waals surface area contributed by atoms with Crippen molar-refractivity contribution in [2.75, 3.05) is 0 Å². The molecule has 0 radical (unpaired) electrons. The molecule has 0 atom stereocenters. The molecule has 2 nitrogen and oxygen atoms in total. The summed E-state index contributed by atoms with van der Waals surface area (Å²) in [5.41, 5.74) is 1.57. The minimum Gasteiger partial charge on any atom is -0.261 e. The summed E-state index contributed by atoms with van der Waals surface area (Å²) in [4.78, 5) is 8.63. The lowest BCUT2D eigenvalue weighted by Crippen LogP contribution is -2.31. The highest BCUT2D eigenvalue weighted by Crippen LogP contribution is 2.23. The maximum atomic E-state index is 4.32. The van der Waals surface area contributed by atoms with Crippen LogP contribution in [0.3, 0.4) is 0 Å². The van der Waals surface area contributed by atoms with Crippen LogP contribution in [0.15, 0.2) is 59.8 Å². The Balaban J connectivity index is 5.60. The van der Waals surface area contributed by atoms with Gasteiger partial charge in [0.15, 0.2) is 0 Å². The molecular formula is C15H22N2. The Kier molecular flexibility index (Phi) is 6.80. The van der Waals surface area contributed by atoms with Gasteiger partial charge in [-0.25, -0.2) is 0 Å². The second kappa shape index (κ2) is 7.55. The molecule has 0 spiro atoms. The van der Waals surface area contributed by atoms with Crippen molar-refractivity contribution in [2.45, 2.75) is 27.7 Å². The molecule has 0 fully saturated rings. The van der Waals surface area contributed by atoms with Gasteiger partial charge in [-0.05, 0) is 39.8 Å². The van der Waals surface area contributed by atoms with Crippen LogP contribution in [0, 0.1) is 5.41 Å². The normalized spacial score (nSPS) is 14.6. The Bertz CT molecular complexity index is 344. The summed E-state index contributed by atoms with van der Waals surface area (Å²) < 4.78 is 0.